The molecule has 3 nitrogen and oxygen atoms in total. The number of nitrogens with one attached hydrogen (secondary N) is 1. The Bertz CT molecular complexity index is 364. The molecule has 0 radical (unpaired) electrons. The van der Waals surface area contributed by atoms with Crippen LogP contribution in [0.5, 0.6) is 0 Å². The molecule has 1 N–H and O–H groups in total. The van der Waals surface area contributed by atoms with Gasteiger partial charge in [0, 0.05) is 10.2 Å². The van der Waals surface area contributed by atoms with Crippen LogP contribution in [0.15, 0.2) is 22.7 Å². The van der Waals surface area contributed by atoms with Crippen molar-refractivity contribution in [1.29, 1.82) is 0 Å². The number of aryl methyl sites for hydroxylation is 1. The summed E-state index contributed by atoms with van der Waals surface area (Å²) in [7, 11) is 3.73. The highest BCUT2D eigenvalue weighted by molar-refractivity contribution is 9.10. The average Bonchev–Trinajstić information content (AvgIpc) is 2.10. The fourth-order valence-corrected chi connectivity index (χ4v) is 1.54. The minimum Gasteiger partial charge on any atom is -0.325 e. The third-order valence-electron chi connectivity index (χ3n) is 1.92. The van der Waals surface area contributed by atoms with Gasteiger partial charge in [0.2, 0.25) is 5.91 Å². The number of rotatable bonds is 3. The SMILES string of the molecule is Cc1ccc(NC(=O)CN(C)C)cc1Br. The van der Waals surface area contributed by atoms with E-state index in [0.29, 0.717) is 6.54 Å². The van der Waals surface area contributed by atoms with Gasteiger partial charge in [0.25, 0.3) is 0 Å². The normalized spacial score (nSPS) is 10.5. The molecule has 0 aliphatic heterocycles. The second-order valence-corrected chi connectivity index (χ2v) is 4.60. The first-order valence-corrected chi connectivity index (χ1v) is 5.49. The number of hydrogen-bond donors (Lipinski definition) is 1. The summed E-state index contributed by atoms with van der Waals surface area (Å²) in [6.07, 6.45) is 0. The maximum atomic E-state index is 11.5. The Morgan fingerprint density at radius 3 is 2.67 bits per heavy atom. The summed E-state index contributed by atoms with van der Waals surface area (Å²) in [6.45, 7) is 2.40. The predicted molar refractivity (Wildman–Crippen MR) is 66.1 cm³/mol. The Balaban J connectivity index is 2.65. The summed E-state index contributed by atoms with van der Waals surface area (Å²) in [6, 6.07) is 5.77. The van der Waals surface area contributed by atoms with E-state index in [1.807, 2.05) is 44.1 Å². The quantitative estimate of drug-likeness (QED) is 0.914. The summed E-state index contributed by atoms with van der Waals surface area (Å²) >= 11 is 3.43. The number of carbonyl (C=O) groups is 1. The lowest BCUT2D eigenvalue weighted by Crippen LogP contribution is -2.27. The van der Waals surface area contributed by atoms with E-state index in [4.69, 9.17) is 0 Å². The molecule has 0 aromatic heterocycles. The van der Waals surface area contributed by atoms with Gasteiger partial charge in [0.15, 0.2) is 0 Å². The Morgan fingerprint density at radius 2 is 2.13 bits per heavy atom. The number of anilines is 1. The minimum absolute atomic E-state index is 0.00393. The van der Waals surface area contributed by atoms with E-state index in [1.165, 1.54) is 0 Å². The highest BCUT2D eigenvalue weighted by Gasteiger charge is 2.04. The van der Waals surface area contributed by atoms with Crippen LogP contribution in [-0.2, 0) is 4.79 Å². The monoisotopic (exact) mass is 270 g/mol. The molecular formula is C11H15BrN2O. The van der Waals surface area contributed by atoms with Crippen LogP contribution in [0.25, 0.3) is 0 Å². The maximum absolute atomic E-state index is 11.5. The van der Waals surface area contributed by atoms with Crippen LogP contribution in [0.1, 0.15) is 5.56 Å². The van der Waals surface area contributed by atoms with Crippen molar-refractivity contribution in [3.8, 4) is 0 Å². The molecule has 0 bridgehead atoms. The number of benzene rings is 1. The molecule has 82 valence electrons. The highest BCUT2D eigenvalue weighted by Crippen LogP contribution is 2.20. The zero-order valence-electron chi connectivity index (χ0n) is 9.17. The van der Waals surface area contributed by atoms with E-state index in [1.54, 1.807) is 0 Å². The third kappa shape index (κ3) is 4.01. The maximum Gasteiger partial charge on any atom is 0.238 e. The van der Waals surface area contributed by atoms with E-state index in [0.717, 1.165) is 15.7 Å². The zero-order chi connectivity index (χ0) is 11.4. The van der Waals surface area contributed by atoms with E-state index in [9.17, 15) is 4.79 Å². The van der Waals surface area contributed by atoms with Gasteiger partial charge in [-0.2, -0.15) is 0 Å². The lowest BCUT2D eigenvalue weighted by Gasteiger charge is -2.10. The smallest absolute Gasteiger partial charge is 0.238 e. The standard InChI is InChI=1S/C11H15BrN2O/c1-8-4-5-9(6-10(8)12)13-11(15)7-14(2)3/h4-6H,7H2,1-3H3,(H,13,15). The van der Waals surface area contributed by atoms with Gasteiger partial charge in [0.05, 0.1) is 6.54 Å². The molecule has 1 aromatic carbocycles. The molecule has 0 fully saturated rings. The van der Waals surface area contributed by atoms with Gasteiger partial charge in [-0.25, -0.2) is 0 Å². The molecule has 1 amide bonds. The fourth-order valence-electron chi connectivity index (χ4n) is 1.16. The summed E-state index contributed by atoms with van der Waals surface area (Å²) in [4.78, 5) is 13.3. The van der Waals surface area contributed by atoms with Crippen LogP contribution < -0.4 is 5.32 Å². The molecule has 1 aromatic rings. The van der Waals surface area contributed by atoms with Crippen molar-refractivity contribution in [3.63, 3.8) is 0 Å². The van der Waals surface area contributed by atoms with Gasteiger partial charge in [-0.1, -0.05) is 22.0 Å². The molecule has 0 unspecified atom stereocenters. The molecule has 15 heavy (non-hydrogen) atoms. The number of hydrogen-bond acceptors (Lipinski definition) is 2. The van der Waals surface area contributed by atoms with Crippen molar-refractivity contribution < 1.29 is 4.79 Å². The van der Waals surface area contributed by atoms with Crippen LogP contribution in [0, 0.1) is 6.92 Å². The van der Waals surface area contributed by atoms with Gasteiger partial charge < -0.3 is 10.2 Å². The first kappa shape index (κ1) is 12.2. The van der Waals surface area contributed by atoms with Gasteiger partial charge in [-0.3, -0.25) is 4.79 Å². The largest absolute Gasteiger partial charge is 0.325 e. The molecule has 0 spiro atoms. The van der Waals surface area contributed by atoms with Gasteiger partial charge in [-0.05, 0) is 38.7 Å². The summed E-state index contributed by atoms with van der Waals surface area (Å²) in [5.74, 6) is -0.00393. The van der Waals surface area contributed by atoms with Crippen molar-refractivity contribution in [3.05, 3.63) is 28.2 Å². The number of carbonyl (C=O) groups excluding carboxylic acids is 1. The lowest BCUT2D eigenvalue weighted by molar-refractivity contribution is -0.116. The predicted octanol–water partition coefficient (Wildman–Crippen LogP) is 2.26. The van der Waals surface area contributed by atoms with E-state index >= 15 is 0 Å². The van der Waals surface area contributed by atoms with Crippen molar-refractivity contribution in [2.45, 2.75) is 6.92 Å². The Hall–Kier alpha value is -0.870. The van der Waals surface area contributed by atoms with E-state index in [-0.39, 0.29) is 5.91 Å². The van der Waals surface area contributed by atoms with E-state index < -0.39 is 0 Å². The van der Waals surface area contributed by atoms with Crippen molar-refractivity contribution in [1.82, 2.24) is 4.90 Å². The second kappa shape index (κ2) is 5.28. The first-order chi connectivity index (χ1) is 6.99. The lowest BCUT2D eigenvalue weighted by atomic mass is 10.2. The molecule has 0 atom stereocenters. The van der Waals surface area contributed by atoms with Gasteiger partial charge in [-0.15, -0.1) is 0 Å². The van der Waals surface area contributed by atoms with Crippen molar-refractivity contribution in [2.24, 2.45) is 0 Å². The van der Waals surface area contributed by atoms with Crippen molar-refractivity contribution >= 4 is 27.5 Å². The molecule has 4 heteroatoms. The fraction of sp³-hybridized carbons (Fsp3) is 0.364. The number of nitrogens with zero attached hydrogens (tertiary/aromatic N) is 1. The summed E-state index contributed by atoms with van der Waals surface area (Å²) in [5, 5.41) is 2.83. The highest BCUT2D eigenvalue weighted by atomic mass is 79.9. The molecule has 0 saturated carbocycles. The molecule has 0 saturated heterocycles. The average molecular weight is 271 g/mol. The van der Waals surface area contributed by atoms with Crippen LogP contribution in [0.2, 0.25) is 0 Å². The topological polar surface area (TPSA) is 32.3 Å². The molecule has 1 rings (SSSR count). The van der Waals surface area contributed by atoms with Crippen LogP contribution in [0.3, 0.4) is 0 Å². The van der Waals surface area contributed by atoms with Crippen LogP contribution in [-0.4, -0.2) is 31.4 Å². The minimum atomic E-state index is -0.00393. The van der Waals surface area contributed by atoms with E-state index in [2.05, 4.69) is 21.2 Å². The van der Waals surface area contributed by atoms with Gasteiger partial charge in [0.1, 0.15) is 0 Å². The molecule has 0 aliphatic carbocycles. The summed E-state index contributed by atoms with van der Waals surface area (Å²) < 4.78 is 1.00. The van der Waals surface area contributed by atoms with Gasteiger partial charge >= 0.3 is 0 Å². The number of amides is 1. The van der Waals surface area contributed by atoms with Crippen LogP contribution in [0.4, 0.5) is 5.69 Å². The number of likely N-dealkylation sites (N-methyl/N-ethyl adjacent to an activating group) is 1. The molecule has 0 aliphatic rings. The Kier molecular flexibility index (Phi) is 4.29. The third-order valence-corrected chi connectivity index (χ3v) is 2.77. The van der Waals surface area contributed by atoms with Crippen molar-refractivity contribution in [2.75, 3.05) is 26.0 Å². The first-order valence-electron chi connectivity index (χ1n) is 4.70. The Morgan fingerprint density at radius 1 is 1.47 bits per heavy atom. The number of halogens is 1. The Labute approximate surface area is 98.6 Å². The van der Waals surface area contributed by atoms with Crippen LogP contribution >= 0.6 is 15.9 Å². The summed E-state index contributed by atoms with van der Waals surface area (Å²) in [5.41, 5.74) is 1.97. The molecular weight excluding hydrogens is 256 g/mol. The zero-order valence-corrected chi connectivity index (χ0v) is 10.8. The molecule has 0 heterocycles. The second-order valence-electron chi connectivity index (χ2n) is 3.75.